The number of halogens is 1. The Kier molecular flexibility index (Phi) is 6.97. The van der Waals surface area contributed by atoms with E-state index in [9.17, 15) is 4.39 Å². The zero-order valence-corrected chi connectivity index (χ0v) is 12.6. The lowest BCUT2D eigenvalue weighted by Crippen LogP contribution is -2.05. The highest BCUT2D eigenvalue weighted by molar-refractivity contribution is 7.99. The van der Waals surface area contributed by atoms with Crippen molar-refractivity contribution in [2.24, 2.45) is 5.92 Å². The third-order valence-electron chi connectivity index (χ3n) is 2.88. The molecule has 0 aliphatic carbocycles. The van der Waals surface area contributed by atoms with Gasteiger partial charge in [-0.15, -0.1) is 0 Å². The molecule has 3 heteroatoms. The highest BCUT2D eigenvalue weighted by Crippen LogP contribution is 2.24. The Morgan fingerprint density at radius 2 is 2.00 bits per heavy atom. The summed E-state index contributed by atoms with van der Waals surface area (Å²) >= 11 is 1.83. The van der Waals surface area contributed by atoms with Gasteiger partial charge in [0.1, 0.15) is 5.82 Å². The van der Waals surface area contributed by atoms with Crippen LogP contribution in [0.5, 0.6) is 0 Å². The van der Waals surface area contributed by atoms with Crippen LogP contribution in [0.1, 0.15) is 38.3 Å². The fourth-order valence-electron chi connectivity index (χ4n) is 1.45. The molecule has 1 unspecified atom stereocenters. The van der Waals surface area contributed by atoms with Crippen LogP contribution in [0, 0.1) is 23.6 Å². The lowest BCUT2D eigenvalue weighted by atomic mass is 10.1. The number of benzene rings is 1. The molecule has 1 nitrogen and oxygen atoms in total. The Balaban J connectivity index is 2.72. The molecule has 1 rings (SSSR count). The molecular weight excluding hydrogens is 259 g/mol. The molecular formula is C16H21FOS. The molecule has 1 atom stereocenters. The van der Waals surface area contributed by atoms with Crippen LogP contribution in [-0.2, 0) is 5.75 Å². The molecule has 0 saturated heterocycles. The van der Waals surface area contributed by atoms with E-state index >= 15 is 0 Å². The van der Waals surface area contributed by atoms with Crippen LogP contribution in [0.3, 0.4) is 0 Å². The van der Waals surface area contributed by atoms with Crippen LogP contribution in [0.15, 0.2) is 18.2 Å². The van der Waals surface area contributed by atoms with E-state index in [1.54, 1.807) is 6.07 Å². The molecule has 0 aromatic heterocycles. The maximum absolute atomic E-state index is 13.5. The van der Waals surface area contributed by atoms with E-state index in [1.807, 2.05) is 17.8 Å². The molecule has 0 aliphatic heterocycles. The monoisotopic (exact) mass is 280 g/mol. The van der Waals surface area contributed by atoms with Gasteiger partial charge in [-0.3, -0.25) is 0 Å². The maximum Gasteiger partial charge on any atom is 0.124 e. The number of aliphatic hydroxyl groups is 1. The van der Waals surface area contributed by atoms with Crippen LogP contribution < -0.4 is 0 Å². The fraction of sp³-hybridized carbons (Fsp3) is 0.500. The molecule has 0 bridgehead atoms. The summed E-state index contributed by atoms with van der Waals surface area (Å²) in [6.45, 7) is 6.61. The van der Waals surface area contributed by atoms with Gasteiger partial charge in [-0.25, -0.2) is 4.39 Å². The first kappa shape index (κ1) is 16.1. The molecule has 1 aromatic rings. The summed E-state index contributed by atoms with van der Waals surface area (Å²) < 4.78 is 13.5. The minimum Gasteiger partial charge on any atom is -0.395 e. The SMILES string of the molecule is CC(C)C(C)SCc1cc(F)cc(C#CCCO)c1. The minimum absolute atomic E-state index is 0.0386. The van der Waals surface area contributed by atoms with E-state index < -0.39 is 0 Å². The van der Waals surface area contributed by atoms with Gasteiger partial charge in [0.05, 0.1) is 6.61 Å². The summed E-state index contributed by atoms with van der Waals surface area (Å²) in [6.07, 6.45) is 0.422. The van der Waals surface area contributed by atoms with Gasteiger partial charge in [-0.05, 0) is 29.7 Å². The minimum atomic E-state index is -0.247. The molecule has 19 heavy (non-hydrogen) atoms. The van der Waals surface area contributed by atoms with Gasteiger partial charge in [-0.1, -0.05) is 32.6 Å². The average Bonchev–Trinajstić information content (AvgIpc) is 2.35. The van der Waals surface area contributed by atoms with Crippen LogP contribution >= 0.6 is 11.8 Å². The van der Waals surface area contributed by atoms with Gasteiger partial charge in [0, 0.05) is 23.0 Å². The van der Waals surface area contributed by atoms with Crippen LogP contribution in [-0.4, -0.2) is 17.0 Å². The Labute approximate surface area is 119 Å². The summed E-state index contributed by atoms with van der Waals surface area (Å²) in [6, 6.07) is 4.93. The van der Waals surface area contributed by atoms with Crippen molar-refractivity contribution >= 4 is 11.8 Å². The first-order valence-electron chi connectivity index (χ1n) is 6.53. The average molecular weight is 280 g/mol. The third kappa shape index (κ3) is 6.13. The number of hydrogen-bond acceptors (Lipinski definition) is 2. The molecule has 0 spiro atoms. The summed E-state index contributed by atoms with van der Waals surface area (Å²) in [5.41, 5.74) is 1.65. The fourth-order valence-corrected chi connectivity index (χ4v) is 2.45. The van der Waals surface area contributed by atoms with Crippen molar-refractivity contribution in [2.75, 3.05) is 6.61 Å². The molecule has 0 aliphatic rings. The lowest BCUT2D eigenvalue weighted by Gasteiger charge is -2.14. The van der Waals surface area contributed by atoms with E-state index in [-0.39, 0.29) is 12.4 Å². The largest absolute Gasteiger partial charge is 0.395 e. The zero-order chi connectivity index (χ0) is 14.3. The van der Waals surface area contributed by atoms with Gasteiger partial charge >= 0.3 is 0 Å². The van der Waals surface area contributed by atoms with Crippen LogP contribution in [0.4, 0.5) is 4.39 Å². The summed E-state index contributed by atoms with van der Waals surface area (Å²) in [7, 11) is 0. The standard InChI is InChI=1S/C16H21FOS/c1-12(2)13(3)19-11-15-8-14(6-4-5-7-18)9-16(17)10-15/h8-10,12-13,18H,5,7,11H2,1-3H3. The molecule has 0 heterocycles. The highest BCUT2D eigenvalue weighted by atomic mass is 32.2. The van der Waals surface area contributed by atoms with E-state index in [1.165, 1.54) is 6.07 Å². The van der Waals surface area contributed by atoms with E-state index in [0.29, 0.717) is 23.2 Å². The summed E-state index contributed by atoms with van der Waals surface area (Å²) in [5.74, 6) is 6.86. The van der Waals surface area contributed by atoms with Gasteiger partial charge in [0.15, 0.2) is 0 Å². The first-order valence-corrected chi connectivity index (χ1v) is 7.58. The first-order chi connectivity index (χ1) is 9.02. The normalized spacial score (nSPS) is 12.1. The van der Waals surface area contributed by atoms with Crippen molar-refractivity contribution in [1.82, 2.24) is 0 Å². The Bertz CT molecular complexity index is 460. The predicted octanol–water partition coefficient (Wildman–Crippen LogP) is 3.84. The van der Waals surface area contributed by atoms with Crippen molar-refractivity contribution < 1.29 is 9.50 Å². The molecule has 0 amide bonds. The van der Waals surface area contributed by atoms with Crippen molar-refractivity contribution in [1.29, 1.82) is 0 Å². The van der Waals surface area contributed by atoms with Crippen molar-refractivity contribution in [3.8, 4) is 11.8 Å². The van der Waals surface area contributed by atoms with Gasteiger partial charge < -0.3 is 5.11 Å². The molecule has 0 fully saturated rings. The zero-order valence-electron chi connectivity index (χ0n) is 11.7. The lowest BCUT2D eigenvalue weighted by molar-refractivity contribution is 0.305. The van der Waals surface area contributed by atoms with E-state index in [4.69, 9.17) is 5.11 Å². The highest BCUT2D eigenvalue weighted by Gasteiger charge is 2.08. The summed E-state index contributed by atoms with van der Waals surface area (Å²) in [5, 5.41) is 9.22. The van der Waals surface area contributed by atoms with E-state index in [2.05, 4.69) is 32.6 Å². The second kappa shape index (κ2) is 8.24. The molecule has 104 valence electrons. The Hall–Kier alpha value is -0.980. The van der Waals surface area contributed by atoms with Crippen LogP contribution in [0.25, 0.3) is 0 Å². The maximum atomic E-state index is 13.5. The molecule has 0 saturated carbocycles. The Morgan fingerprint density at radius 1 is 1.26 bits per heavy atom. The molecule has 1 aromatic carbocycles. The van der Waals surface area contributed by atoms with Crippen molar-refractivity contribution in [3.63, 3.8) is 0 Å². The topological polar surface area (TPSA) is 20.2 Å². The number of rotatable bonds is 5. The Morgan fingerprint density at radius 3 is 2.63 bits per heavy atom. The van der Waals surface area contributed by atoms with E-state index in [0.717, 1.165) is 11.3 Å². The number of thioether (sulfide) groups is 1. The van der Waals surface area contributed by atoms with Crippen molar-refractivity contribution in [2.45, 2.75) is 38.2 Å². The quantitative estimate of drug-likeness (QED) is 0.827. The molecule has 1 N–H and O–H groups in total. The second-order valence-electron chi connectivity index (χ2n) is 4.88. The van der Waals surface area contributed by atoms with Gasteiger partial charge in [-0.2, -0.15) is 11.8 Å². The smallest absolute Gasteiger partial charge is 0.124 e. The second-order valence-corrected chi connectivity index (χ2v) is 6.25. The van der Waals surface area contributed by atoms with Gasteiger partial charge in [0.2, 0.25) is 0 Å². The summed E-state index contributed by atoms with van der Waals surface area (Å²) in [4.78, 5) is 0. The number of hydrogen-bond donors (Lipinski definition) is 1. The predicted molar refractivity (Wildman–Crippen MR) is 80.6 cm³/mol. The van der Waals surface area contributed by atoms with Gasteiger partial charge in [0.25, 0.3) is 0 Å². The number of aliphatic hydroxyl groups excluding tert-OH is 1. The van der Waals surface area contributed by atoms with Crippen molar-refractivity contribution in [3.05, 3.63) is 35.1 Å². The third-order valence-corrected chi connectivity index (χ3v) is 4.45. The molecule has 0 radical (unpaired) electrons. The van der Waals surface area contributed by atoms with Crippen LogP contribution in [0.2, 0.25) is 0 Å².